The molecule has 2 rings (SSSR count). The minimum Gasteiger partial charge on any atom is -0.467 e. The Hall–Kier alpha value is -1.60. The molecule has 0 heterocycles. The van der Waals surface area contributed by atoms with Crippen LogP contribution in [0.25, 0.3) is 11.1 Å². The molecule has 0 radical (unpaired) electrons. The molecule has 0 saturated heterocycles. The lowest BCUT2D eigenvalue weighted by Gasteiger charge is -2.12. The molecular weight excluding hydrogens is 307 g/mol. The Morgan fingerprint density at radius 3 is 2.35 bits per heavy atom. The standard InChI is InChI=1S/C17H23BO4Si/c1-23(2)12-11-21-13-22-17-6-4-3-5-16(17)14-7-9-15(10-8-14)18(19)20/h3-10,19-20,23H,11-13H2,1-2H3. The molecule has 0 amide bonds. The van der Waals surface area contributed by atoms with E-state index in [1.807, 2.05) is 36.4 Å². The lowest BCUT2D eigenvalue weighted by Crippen LogP contribution is -2.29. The Kier molecular flexibility index (Phi) is 6.86. The average Bonchev–Trinajstić information content (AvgIpc) is 2.55. The van der Waals surface area contributed by atoms with Gasteiger partial charge in [-0.3, -0.25) is 0 Å². The van der Waals surface area contributed by atoms with Crippen LogP contribution < -0.4 is 10.2 Å². The van der Waals surface area contributed by atoms with Crippen molar-refractivity contribution in [2.75, 3.05) is 13.4 Å². The van der Waals surface area contributed by atoms with Crippen molar-refractivity contribution in [3.8, 4) is 16.9 Å². The topological polar surface area (TPSA) is 58.9 Å². The largest absolute Gasteiger partial charge is 0.488 e. The fourth-order valence-electron chi connectivity index (χ4n) is 2.15. The second kappa shape index (κ2) is 8.88. The van der Waals surface area contributed by atoms with Gasteiger partial charge in [0.15, 0.2) is 6.79 Å². The summed E-state index contributed by atoms with van der Waals surface area (Å²) in [5.74, 6) is 0.756. The normalized spacial score (nSPS) is 10.8. The summed E-state index contributed by atoms with van der Waals surface area (Å²) in [6.45, 7) is 5.58. The highest BCUT2D eigenvalue weighted by Crippen LogP contribution is 2.29. The predicted molar refractivity (Wildman–Crippen MR) is 96.8 cm³/mol. The third-order valence-electron chi connectivity index (χ3n) is 3.54. The van der Waals surface area contributed by atoms with Gasteiger partial charge in [0.2, 0.25) is 0 Å². The van der Waals surface area contributed by atoms with Crippen LogP contribution in [0.2, 0.25) is 19.1 Å². The highest BCUT2D eigenvalue weighted by atomic mass is 28.3. The molecule has 0 saturated carbocycles. The van der Waals surface area contributed by atoms with Crippen LogP contribution in [0, 0.1) is 0 Å². The van der Waals surface area contributed by atoms with E-state index >= 15 is 0 Å². The third-order valence-corrected chi connectivity index (χ3v) is 4.93. The van der Waals surface area contributed by atoms with Gasteiger partial charge in [0.25, 0.3) is 0 Å². The van der Waals surface area contributed by atoms with Crippen LogP contribution in [-0.4, -0.2) is 39.4 Å². The molecule has 2 aromatic rings. The number of hydrogen-bond acceptors (Lipinski definition) is 4. The molecule has 0 aromatic heterocycles. The number of rotatable bonds is 8. The smallest absolute Gasteiger partial charge is 0.467 e. The third kappa shape index (κ3) is 5.51. The number of ether oxygens (including phenoxy) is 2. The van der Waals surface area contributed by atoms with Gasteiger partial charge >= 0.3 is 7.12 Å². The predicted octanol–water partition coefficient (Wildman–Crippen LogP) is 1.87. The Balaban J connectivity index is 2.02. The quantitative estimate of drug-likeness (QED) is 0.441. The SMILES string of the molecule is C[SiH](C)CCOCOc1ccccc1-c1ccc(B(O)O)cc1. The fourth-order valence-corrected chi connectivity index (χ4v) is 2.79. The molecule has 0 atom stereocenters. The van der Waals surface area contributed by atoms with Crippen molar-refractivity contribution in [3.05, 3.63) is 48.5 Å². The lowest BCUT2D eigenvalue weighted by molar-refractivity contribution is 0.0226. The van der Waals surface area contributed by atoms with Crippen molar-refractivity contribution in [2.24, 2.45) is 0 Å². The molecule has 122 valence electrons. The molecule has 0 aliphatic carbocycles. The van der Waals surface area contributed by atoms with Gasteiger partial charge in [-0.2, -0.15) is 0 Å². The maximum Gasteiger partial charge on any atom is 0.488 e. The van der Waals surface area contributed by atoms with Crippen LogP contribution >= 0.6 is 0 Å². The Bertz CT molecular complexity index is 602. The first-order valence-corrected chi connectivity index (χ1v) is 11.0. The molecule has 2 aromatic carbocycles. The monoisotopic (exact) mass is 330 g/mol. The average molecular weight is 330 g/mol. The molecule has 6 heteroatoms. The van der Waals surface area contributed by atoms with Crippen molar-refractivity contribution in [1.29, 1.82) is 0 Å². The number of benzene rings is 2. The maximum atomic E-state index is 9.16. The summed E-state index contributed by atoms with van der Waals surface area (Å²) in [5.41, 5.74) is 2.38. The Labute approximate surface area is 139 Å². The highest BCUT2D eigenvalue weighted by molar-refractivity contribution is 6.58. The summed E-state index contributed by atoms with van der Waals surface area (Å²) in [5, 5.41) is 18.3. The van der Waals surface area contributed by atoms with Gasteiger partial charge in [0, 0.05) is 21.0 Å². The van der Waals surface area contributed by atoms with Gasteiger partial charge in [0.1, 0.15) is 5.75 Å². The van der Waals surface area contributed by atoms with Crippen LogP contribution in [0.3, 0.4) is 0 Å². The van der Waals surface area contributed by atoms with Gasteiger partial charge in [-0.15, -0.1) is 0 Å². The summed E-state index contributed by atoms with van der Waals surface area (Å²) in [4.78, 5) is 0. The lowest BCUT2D eigenvalue weighted by atomic mass is 9.80. The molecule has 23 heavy (non-hydrogen) atoms. The molecule has 2 N–H and O–H groups in total. The van der Waals surface area contributed by atoms with Crippen molar-refractivity contribution < 1.29 is 19.5 Å². The minimum absolute atomic E-state index is 0.242. The fraction of sp³-hybridized carbons (Fsp3) is 0.294. The summed E-state index contributed by atoms with van der Waals surface area (Å²) < 4.78 is 11.3. The van der Waals surface area contributed by atoms with Gasteiger partial charge < -0.3 is 19.5 Å². The molecule has 4 nitrogen and oxygen atoms in total. The molecule has 0 unspecified atom stereocenters. The van der Waals surface area contributed by atoms with E-state index in [1.165, 1.54) is 0 Å². The first-order valence-electron chi connectivity index (χ1n) is 7.84. The summed E-state index contributed by atoms with van der Waals surface area (Å²) in [6, 6.07) is 16.0. The van der Waals surface area contributed by atoms with Gasteiger partial charge in [-0.1, -0.05) is 55.6 Å². The zero-order valence-corrected chi connectivity index (χ0v) is 14.8. The van der Waals surface area contributed by atoms with Crippen molar-refractivity contribution in [3.63, 3.8) is 0 Å². The van der Waals surface area contributed by atoms with Crippen LogP contribution in [0.4, 0.5) is 0 Å². The van der Waals surface area contributed by atoms with Crippen LogP contribution in [0.15, 0.2) is 48.5 Å². The first kappa shape index (κ1) is 17.8. The second-order valence-corrected chi connectivity index (χ2v) is 9.21. The van der Waals surface area contributed by atoms with Crippen molar-refractivity contribution >= 4 is 21.4 Å². The molecule has 0 spiro atoms. The molecule has 0 aliphatic heterocycles. The van der Waals surface area contributed by atoms with E-state index in [-0.39, 0.29) is 6.79 Å². The van der Waals surface area contributed by atoms with E-state index < -0.39 is 15.9 Å². The molecule has 0 fully saturated rings. The summed E-state index contributed by atoms with van der Waals surface area (Å²) in [7, 11) is -2.03. The molecule has 0 aliphatic rings. The van der Waals surface area contributed by atoms with E-state index in [4.69, 9.17) is 19.5 Å². The van der Waals surface area contributed by atoms with E-state index in [9.17, 15) is 0 Å². The Morgan fingerprint density at radius 2 is 1.70 bits per heavy atom. The zero-order valence-electron chi connectivity index (χ0n) is 13.6. The number of para-hydroxylation sites is 1. The van der Waals surface area contributed by atoms with Crippen LogP contribution in [0.5, 0.6) is 5.75 Å². The van der Waals surface area contributed by atoms with Crippen LogP contribution in [0.1, 0.15) is 0 Å². The van der Waals surface area contributed by atoms with E-state index in [1.54, 1.807) is 12.1 Å². The minimum atomic E-state index is -1.45. The van der Waals surface area contributed by atoms with Crippen LogP contribution in [-0.2, 0) is 4.74 Å². The van der Waals surface area contributed by atoms with E-state index in [2.05, 4.69) is 13.1 Å². The summed E-state index contributed by atoms with van der Waals surface area (Å²) in [6.07, 6.45) is 0. The van der Waals surface area contributed by atoms with Crippen molar-refractivity contribution in [1.82, 2.24) is 0 Å². The Morgan fingerprint density at radius 1 is 1.00 bits per heavy atom. The zero-order chi connectivity index (χ0) is 16.7. The maximum absolute atomic E-state index is 9.16. The first-order chi connectivity index (χ1) is 11.1. The van der Waals surface area contributed by atoms with E-state index in [0.717, 1.165) is 29.5 Å². The number of hydrogen-bond donors (Lipinski definition) is 2. The van der Waals surface area contributed by atoms with Crippen molar-refractivity contribution in [2.45, 2.75) is 19.1 Å². The molecular formula is C17H23BO4Si. The van der Waals surface area contributed by atoms with Gasteiger partial charge in [-0.05, 0) is 23.1 Å². The van der Waals surface area contributed by atoms with Gasteiger partial charge in [-0.25, -0.2) is 0 Å². The summed E-state index contributed by atoms with van der Waals surface area (Å²) >= 11 is 0. The van der Waals surface area contributed by atoms with E-state index in [0.29, 0.717) is 5.46 Å². The molecule has 0 bridgehead atoms. The second-order valence-electron chi connectivity index (χ2n) is 5.84. The van der Waals surface area contributed by atoms with Gasteiger partial charge in [0.05, 0.1) is 0 Å². The highest BCUT2D eigenvalue weighted by Gasteiger charge is 2.11.